The molecule has 33 heavy (non-hydrogen) atoms. The van der Waals surface area contributed by atoms with Gasteiger partial charge >= 0.3 is 6.01 Å². The quantitative estimate of drug-likeness (QED) is 0.448. The van der Waals surface area contributed by atoms with Crippen molar-refractivity contribution in [1.82, 2.24) is 14.5 Å². The molecule has 0 aliphatic rings. The molecule has 1 heterocycles. The Hall–Kier alpha value is -3.82. The summed E-state index contributed by atoms with van der Waals surface area (Å²) in [4.78, 5) is 13.3. The summed E-state index contributed by atoms with van der Waals surface area (Å²) >= 11 is 0. The number of rotatable bonds is 7. The molecule has 9 heteroatoms. The molecule has 0 radical (unpaired) electrons. The highest BCUT2D eigenvalue weighted by molar-refractivity contribution is 7.89. The van der Waals surface area contributed by atoms with Crippen LogP contribution in [0.25, 0.3) is 11.5 Å². The molecule has 0 aliphatic carbocycles. The molecule has 0 spiro atoms. The van der Waals surface area contributed by atoms with Gasteiger partial charge in [-0.15, -0.1) is 5.10 Å². The Balaban J connectivity index is 1.56. The minimum absolute atomic E-state index is 0.0446. The van der Waals surface area contributed by atoms with E-state index in [-0.39, 0.29) is 22.7 Å². The third kappa shape index (κ3) is 4.84. The van der Waals surface area contributed by atoms with Gasteiger partial charge in [0.15, 0.2) is 0 Å². The van der Waals surface area contributed by atoms with Crippen LogP contribution in [0.4, 0.5) is 6.01 Å². The zero-order valence-electron chi connectivity index (χ0n) is 18.0. The number of amides is 1. The molecule has 0 bridgehead atoms. The van der Waals surface area contributed by atoms with Crippen molar-refractivity contribution in [2.24, 2.45) is 0 Å². The van der Waals surface area contributed by atoms with Gasteiger partial charge in [-0.2, -0.15) is 0 Å². The Morgan fingerprint density at radius 2 is 1.39 bits per heavy atom. The van der Waals surface area contributed by atoms with E-state index in [1.54, 1.807) is 12.1 Å². The summed E-state index contributed by atoms with van der Waals surface area (Å²) in [5, 5.41) is 10.6. The van der Waals surface area contributed by atoms with Crippen molar-refractivity contribution in [2.75, 3.05) is 19.4 Å². The Labute approximate surface area is 191 Å². The molecule has 0 saturated heterocycles. The maximum absolute atomic E-state index is 13.2. The van der Waals surface area contributed by atoms with Crippen molar-refractivity contribution < 1.29 is 17.6 Å². The lowest BCUT2D eigenvalue weighted by Gasteiger charge is -2.16. The molecule has 4 rings (SSSR count). The van der Waals surface area contributed by atoms with E-state index in [1.807, 2.05) is 60.7 Å². The molecule has 1 aromatic heterocycles. The number of benzene rings is 3. The zero-order chi connectivity index (χ0) is 23.4. The lowest BCUT2D eigenvalue weighted by atomic mass is 9.90. The van der Waals surface area contributed by atoms with Crippen LogP contribution in [0, 0.1) is 0 Å². The lowest BCUT2D eigenvalue weighted by Crippen LogP contribution is -2.22. The predicted octanol–water partition coefficient (Wildman–Crippen LogP) is 3.76. The third-order valence-electron chi connectivity index (χ3n) is 5.06. The van der Waals surface area contributed by atoms with Crippen LogP contribution in [0.5, 0.6) is 0 Å². The van der Waals surface area contributed by atoms with Crippen LogP contribution in [0.15, 0.2) is 94.2 Å². The van der Waals surface area contributed by atoms with Crippen molar-refractivity contribution in [2.45, 2.75) is 10.8 Å². The number of anilines is 1. The van der Waals surface area contributed by atoms with Gasteiger partial charge in [0.2, 0.25) is 21.8 Å². The summed E-state index contributed by atoms with van der Waals surface area (Å²) in [6, 6.07) is 24.9. The lowest BCUT2D eigenvalue weighted by molar-refractivity contribution is -0.116. The first kappa shape index (κ1) is 22.4. The summed E-state index contributed by atoms with van der Waals surface area (Å²) in [6.07, 6.45) is 0. The second-order valence-corrected chi connectivity index (χ2v) is 9.62. The average Bonchev–Trinajstić information content (AvgIpc) is 3.29. The largest absolute Gasteiger partial charge is 0.403 e. The van der Waals surface area contributed by atoms with Crippen LogP contribution in [-0.4, -0.2) is 42.9 Å². The van der Waals surface area contributed by atoms with Crippen LogP contribution in [0.1, 0.15) is 17.0 Å². The minimum Gasteiger partial charge on any atom is -0.403 e. The van der Waals surface area contributed by atoms with Crippen LogP contribution in [0.3, 0.4) is 0 Å². The van der Waals surface area contributed by atoms with Gasteiger partial charge in [0, 0.05) is 19.7 Å². The van der Waals surface area contributed by atoms with Crippen molar-refractivity contribution in [3.05, 3.63) is 96.1 Å². The molecule has 1 N–H and O–H groups in total. The molecule has 0 atom stereocenters. The van der Waals surface area contributed by atoms with Gasteiger partial charge < -0.3 is 4.42 Å². The maximum Gasteiger partial charge on any atom is 0.322 e. The fourth-order valence-electron chi connectivity index (χ4n) is 3.33. The Kier molecular flexibility index (Phi) is 6.34. The number of hydrogen-bond acceptors (Lipinski definition) is 6. The van der Waals surface area contributed by atoms with E-state index in [2.05, 4.69) is 15.5 Å². The highest BCUT2D eigenvalue weighted by Gasteiger charge is 2.24. The molecule has 4 aromatic rings. The van der Waals surface area contributed by atoms with Crippen molar-refractivity contribution >= 4 is 21.9 Å². The second-order valence-electron chi connectivity index (χ2n) is 7.47. The second kappa shape index (κ2) is 9.35. The molecule has 1 amide bonds. The van der Waals surface area contributed by atoms with E-state index < -0.39 is 15.9 Å². The third-order valence-corrected chi connectivity index (χ3v) is 6.89. The number of hydrogen-bond donors (Lipinski definition) is 1. The topological polar surface area (TPSA) is 105 Å². The van der Waals surface area contributed by atoms with Gasteiger partial charge in [0.1, 0.15) is 0 Å². The maximum atomic E-state index is 13.2. The first-order chi connectivity index (χ1) is 15.9. The smallest absolute Gasteiger partial charge is 0.322 e. The summed E-state index contributed by atoms with van der Waals surface area (Å²) in [5.74, 6) is -0.705. The highest BCUT2D eigenvalue weighted by Crippen LogP contribution is 2.27. The van der Waals surface area contributed by atoms with Crippen molar-refractivity contribution in [3.63, 3.8) is 0 Å². The van der Waals surface area contributed by atoms with Gasteiger partial charge in [-0.3, -0.25) is 10.1 Å². The molecule has 168 valence electrons. The standard InChI is InChI=1S/C24H22N4O4S/c1-28(2)33(30,31)20-15-13-19(14-16-20)23-26-27-24(32-23)25-22(29)21(17-9-5-3-6-10-17)18-11-7-4-8-12-18/h3-16,21H,1-2H3,(H,25,27,29). The molecule has 0 aliphatic heterocycles. The molecule has 0 unspecified atom stereocenters. The molecule has 0 saturated carbocycles. The molecule has 3 aromatic carbocycles. The van der Waals surface area contributed by atoms with E-state index in [9.17, 15) is 13.2 Å². The Morgan fingerprint density at radius 1 is 0.848 bits per heavy atom. The first-order valence-corrected chi connectivity index (χ1v) is 11.6. The van der Waals surface area contributed by atoms with E-state index in [4.69, 9.17) is 4.42 Å². The van der Waals surface area contributed by atoms with E-state index in [0.717, 1.165) is 15.4 Å². The number of carbonyl (C=O) groups is 1. The number of nitrogens with zero attached hydrogens (tertiary/aromatic N) is 3. The minimum atomic E-state index is -3.54. The van der Waals surface area contributed by atoms with Crippen LogP contribution in [-0.2, 0) is 14.8 Å². The molecule has 8 nitrogen and oxygen atoms in total. The normalized spacial score (nSPS) is 11.6. The Morgan fingerprint density at radius 3 is 1.91 bits per heavy atom. The SMILES string of the molecule is CN(C)S(=O)(=O)c1ccc(-c2nnc(NC(=O)C(c3ccccc3)c3ccccc3)o2)cc1. The number of nitrogens with one attached hydrogen (secondary N) is 1. The molecular weight excluding hydrogens is 440 g/mol. The van der Waals surface area contributed by atoms with Crippen molar-refractivity contribution in [1.29, 1.82) is 0 Å². The van der Waals surface area contributed by atoms with Crippen LogP contribution >= 0.6 is 0 Å². The van der Waals surface area contributed by atoms with Gasteiger partial charge in [0.05, 0.1) is 10.8 Å². The fraction of sp³-hybridized carbons (Fsp3) is 0.125. The predicted molar refractivity (Wildman–Crippen MR) is 124 cm³/mol. The van der Waals surface area contributed by atoms with Crippen molar-refractivity contribution in [3.8, 4) is 11.5 Å². The average molecular weight is 463 g/mol. The summed E-state index contributed by atoms with van der Waals surface area (Å²) < 4.78 is 31.2. The van der Waals surface area contributed by atoms with Gasteiger partial charge in [0.25, 0.3) is 0 Å². The summed E-state index contributed by atoms with van der Waals surface area (Å²) in [5.41, 5.74) is 2.20. The number of sulfonamides is 1. The van der Waals surface area contributed by atoms with Gasteiger partial charge in [-0.1, -0.05) is 65.8 Å². The van der Waals surface area contributed by atoms with E-state index >= 15 is 0 Å². The monoisotopic (exact) mass is 462 g/mol. The molecule has 0 fully saturated rings. The number of aromatic nitrogens is 2. The fourth-order valence-corrected chi connectivity index (χ4v) is 4.24. The molecular formula is C24H22N4O4S. The van der Waals surface area contributed by atoms with E-state index in [0.29, 0.717) is 5.56 Å². The zero-order valence-corrected chi connectivity index (χ0v) is 18.9. The van der Waals surface area contributed by atoms with Gasteiger partial charge in [-0.25, -0.2) is 12.7 Å². The van der Waals surface area contributed by atoms with Crippen LogP contribution < -0.4 is 5.32 Å². The summed E-state index contributed by atoms with van der Waals surface area (Å²) in [7, 11) is -0.606. The summed E-state index contributed by atoms with van der Waals surface area (Å²) in [6.45, 7) is 0. The first-order valence-electron chi connectivity index (χ1n) is 10.1. The number of carbonyl (C=O) groups excluding carboxylic acids is 1. The van der Waals surface area contributed by atoms with E-state index in [1.165, 1.54) is 26.2 Å². The Bertz CT molecular complexity index is 1300. The van der Waals surface area contributed by atoms with Gasteiger partial charge in [-0.05, 0) is 35.4 Å². The van der Waals surface area contributed by atoms with Crippen LogP contribution in [0.2, 0.25) is 0 Å². The highest BCUT2D eigenvalue weighted by atomic mass is 32.2.